The van der Waals surface area contributed by atoms with Gasteiger partial charge in [0, 0.05) is 12.5 Å². The molecule has 0 radical (unpaired) electrons. The molecule has 156 valence electrons. The molecule has 3 rings (SSSR count). The SMILES string of the molecule is CCC(C)C(=O)NC1(C(=O)NCc2ccc(-c3ccccc3C#N)cc2)CCCC1. The van der Waals surface area contributed by atoms with Crippen molar-refractivity contribution in [3.8, 4) is 17.2 Å². The summed E-state index contributed by atoms with van der Waals surface area (Å²) in [5.41, 5.74) is 2.69. The molecule has 2 aromatic rings. The molecule has 1 fully saturated rings. The highest BCUT2D eigenvalue weighted by molar-refractivity contribution is 5.92. The van der Waals surface area contributed by atoms with Crippen LogP contribution in [0.25, 0.3) is 11.1 Å². The fourth-order valence-corrected chi connectivity index (χ4v) is 3.92. The topological polar surface area (TPSA) is 82.0 Å². The molecule has 0 spiro atoms. The third-order valence-corrected chi connectivity index (χ3v) is 6.08. The maximum atomic E-state index is 13.0. The normalized spacial score (nSPS) is 15.8. The maximum Gasteiger partial charge on any atom is 0.246 e. The summed E-state index contributed by atoms with van der Waals surface area (Å²) < 4.78 is 0. The summed E-state index contributed by atoms with van der Waals surface area (Å²) in [6.07, 6.45) is 4.02. The lowest BCUT2D eigenvalue weighted by molar-refractivity contribution is -0.135. The number of benzene rings is 2. The molecule has 0 aromatic heterocycles. The van der Waals surface area contributed by atoms with Crippen LogP contribution in [0.5, 0.6) is 0 Å². The number of nitrogens with zero attached hydrogens (tertiary/aromatic N) is 1. The molecule has 2 N–H and O–H groups in total. The fraction of sp³-hybridized carbons (Fsp3) is 0.400. The lowest BCUT2D eigenvalue weighted by Gasteiger charge is -2.30. The van der Waals surface area contributed by atoms with Crippen LogP contribution in [-0.4, -0.2) is 17.4 Å². The second-order valence-electron chi connectivity index (χ2n) is 8.12. The van der Waals surface area contributed by atoms with Crippen molar-refractivity contribution in [3.05, 3.63) is 59.7 Å². The lowest BCUT2D eigenvalue weighted by Crippen LogP contribution is -2.57. The summed E-state index contributed by atoms with van der Waals surface area (Å²) in [6.45, 7) is 4.27. The van der Waals surface area contributed by atoms with Crippen molar-refractivity contribution < 1.29 is 9.59 Å². The molecule has 2 aromatic carbocycles. The van der Waals surface area contributed by atoms with Crippen LogP contribution in [0.15, 0.2) is 48.5 Å². The van der Waals surface area contributed by atoms with Crippen LogP contribution in [0.2, 0.25) is 0 Å². The molecule has 1 unspecified atom stereocenters. The molecule has 30 heavy (non-hydrogen) atoms. The standard InChI is InChI=1S/C25H29N3O2/c1-3-18(2)23(29)28-25(14-6-7-15-25)24(30)27-17-19-10-12-20(13-11-19)22-9-5-4-8-21(22)16-26/h4-5,8-13,18H,3,6-7,14-15,17H2,1-2H3,(H,27,30)(H,28,29). The van der Waals surface area contributed by atoms with Gasteiger partial charge < -0.3 is 10.6 Å². The molecule has 1 atom stereocenters. The van der Waals surface area contributed by atoms with Crippen molar-refractivity contribution in [2.45, 2.75) is 58.0 Å². The Kier molecular flexibility index (Phi) is 6.89. The van der Waals surface area contributed by atoms with E-state index < -0.39 is 5.54 Å². The summed E-state index contributed by atoms with van der Waals surface area (Å²) >= 11 is 0. The first-order valence-corrected chi connectivity index (χ1v) is 10.7. The minimum Gasteiger partial charge on any atom is -0.350 e. The molecule has 1 aliphatic rings. The van der Waals surface area contributed by atoms with E-state index in [1.54, 1.807) is 6.07 Å². The molecule has 5 nitrogen and oxygen atoms in total. The van der Waals surface area contributed by atoms with Crippen LogP contribution >= 0.6 is 0 Å². The first-order chi connectivity index (χ1) is 14.5. The number of nitrogens with one attached hydrogen (secondary N) is 2. The summed E-state index contributed by atoms with van der Waals surface area (Å²) in [6, 6.07) is 17.6. The van der Waals surface area contributed by atoms with Gasteiger partial charge in [-0.15, -0.1) is 0 Å². The molecule has 2 amide bonds. The Morgan fingerprint density at radius 2 is 1.77 bits per heavy atom. The van der Waals surface area contributed by atoms with Gasteiger partial charge in [0.2, 0.25) is 11.8 Å². The van der Waals surface area contributed by atoms with E-state index in [2.05, 4.69) is 16.7 Å². The predicted octanol–water partition coefficient (Wildman–Crippen LogP) is 4.32. The average Bonchev–Trinajstić information content (AvgIpc) is 3.26. The van der Waals surface area contributed by atoms with Crippen LogP contribution in [0.4, 0.5) is 0 Å². The number of carbonyl (C=O) groups excluding carboxylic acids is 2. The van der Waals surface area contributed by atoms with E-state index in [0.717, 1.165) is 36.0 Å². The van der Waals surface area contributed by atoms with Gasteiger partial charge in [0.1, 0.15) is 5.54 Å². The molecule has 0 bridgehead atoms. The Bertz CT molecular complexity index is 938. The van der Waals surface area contributed by atoms with Crippen LogP contribution in [-0.2, 0) is 16.1 Å². The van der Waals surface area contributed by atoms with E-state index in [1.165, 1.54) is 0 Å². The van der Waals surface area contributed by atoms with Gasteiger partial charge in [0.25, 0.3) is 0 Å². The van der Waals surface area contributed by atoms with Gasteiger partial charge in [0.05, 0.1) is 11.6 Å². The monoisotopic (exact) mass is 403 g/mol. The van der Waals surface area contributed by atoms with Crippen LogP contribution in [0.1, 0.15) is 57.1 Å². The molecule has 0 aliphatic heterocycles. The molecular formula is C25H29N3O2. The summed E-state index contributed by atoms with van der Waals surface area (Å²) in [5.74, 6) is -0.246. The first kappa shape index (κ1) is 21.6. The van der Waals surface area contributed by atoms with Gasteiger partial charge in [-0.1, -0.05) is 69.2 Å². The van der Waals surface area contributed by atoms with Gasteiger partial charge in [-0.3, -0.25) is 9.59 Å². The third-order valence-electron chi connectivity index (χ3n) is 6.08. The Morgan fingerprint density at radius 1 is 1.10 bits per heavy atom. The Morgan fingerprint density at radius 3 is 2.40 bits per heavy atom. The van der Waals surface area contributed by atoms with E-state index >= 15 is 0 Å². The number of carbonyl (C=O) groups is 2. The molecular weight excluding hydrogens is 374 g/mol. The van der Waals surface area contributed by atoms with Gasteiger partial charge in [-0.25, -0.2) is 0 Å². The van der Waals surface area contributed by atoms with Crippen molar-refractivity contribution in [2.24, 2.45) is 5.92 Å². The van der Waals surface area contributed by atoms with Crippen LogP contribution in [0, 0.1) is 17.2 Å². The highest BCUT2D eigenvalue weighted by atomic mass is 16.2. The van der Waals surface area contributed by atoms with Crippen molar-refractivity contribution >= 4 is 11.8 Å². The Hall–Kier alpha value is -3.13. The van der Waals surface area contributed by atoms with Gasteiger partial charge in [-0.2, -0.15) is 5.26 Å². The van der Waals surface area contributed by atoms with E-state index in [1.807, 2.05) is 56.3 Å². The second kappa shape index (κ2) is 9.58. The largest absolute Gasteiger partial charge is 0.350 e. The number of nitriles is 1. The molecule has 1 saturated carbocycles. The predicted molar refractivity (Wildman–Crippen MR) is 117 cm³/mol. The van der Waals surface area contributed by atoms with Crippen molar-refractivity contribution in [3.63, 3.8) is 0 Å². The van der Waals surface area contributed by atoms with Crippen molar-refractivity contribution in [1.82, 2.24) is 10.6 Å². The van der Waals surface area contributed by atoms with Gasteiger partial charge in [0.15, 0.2) is 0 Å². The molecule has 1 aliphatic carbocycles. The van der Waals surface area contributed by atoms with Gasteiger partial charge in [-0.05, 0) is 42.0 Å². The van der Waals surface area contributed by atoms with E-state index in [0.29, 0.717) is 24.9 Å². The number of hydrogen-bond donors (Lipinski definition) is 2. The first-order valence-electron chi connectivity index (χ1n) is 10.7. The zero-order valence-corrected chi connectivity index (χ0v) is 17.7. The van der Waals surface area contributed by atoms with Crippen molar-refractivity contribution in [1.29, 1.82) is 5.26 Å². The summed E-state index contributed by atoms with van der Waals surface area (Å²) in [7, 11) is 0. The van der Waals surface area contributed by atoms with E-state index in [9.17, 15) is 14.9 Å². The third kappa shape index (κ3) is 4.71. The summed E-state index contributed by atoms with van der Waals surface area (Å²) in [4.78, 5) is 25.4. The minimum absolute atomic E-state index is 0.0462. The lowest BCUT2D eigenvalue weighted by atomic mass is 9.94. The maximum absolute atomic E-state index is 13.0. The Balaban J connectivity index is 1.66. The second-order valence-corrected chi connectivity index (χ2v) is 8.12. The highest BCUT2D eigenvalue weighted by Gasteiger charge is 2.42. The van der Waals surface area contributed by atoms with Crippen LogP contribution in [0.3, 0.4) is 0 Å². The number of hydrogen-bond acceptors (Lipinski definition) is 3. The minimum atomic E-state index is -0.786. The molecule has 0 saturated heterocycles. The van der Waals surface area contributed by atoms with Gasteiger partial charge >= 0.3 is 0 Å². The quantitative estimate of drug-likeness (QED) is 0.722. The Labute approximate surface area is 178 Å². The van der Waals surface area contributed by atoms with Crippen molar-refractivity contribution in [2.75, 3.05) is 0 Å². The zero-order valence-electron chi connectivity index (χ0n) is 17.7. The van der Waals surface area contributed by atoms with E-state index in [4.69, 9.17) is 0 Å². The number of amides is 2. The zero-order chi connectivity index (χ0) is 21.6. The average molecular weight is 404 g/mol. The smallest absolute Gasteiger partial charge is 0.246 e. The fourth-order valence-electron chi connectivity index (χ4n) is 3.92. The van der Waals surface area contributed by atoms with Crippen LogP contribution < -0.4 is 10.6 Å². The number of rotatable bonds is 7. The van der Waals surface area contributed by atoms with E-state index in [-0.39, 0.29) is 17.7 Å². The molecule has 0 heterocycles. The summed E-state index contributed by atoms with van der Waals surface area (Å²) in [5, 5.41) is 15.4. The highest BCUT2D eigenvalue weighted by Crippen LogP contribution is 2.31. The molecule has 5 heteroatoms.